The van der Waals surface area contributed by atoms with Crippen LogP contribution in [0.4, 0.5) is 4.79 Å². The first-order valence-electron chi connectivity index (χ1n) is 7.02. The molecule has 0 radical (unpaired) electrons. The van der Waals surface area contributed by atoms with E-state index < -0.39 is 29.9 Å². The summed E-state index contributed by atoms with van der Waals surface area (Å²) in [7, 11) is 0. The molecule has 8 nitrogen and oxygen atoms in total. The fourth-order valence-electron chi connectivity index (χ4n) is 1.83. The topological polar surface area (TPSA) is 102 Å². The molecule has 1 atom stereocenters. The number of rotatable bonds is 5. The van der Waals surface area contributed by atoms with E-state index in [0.29, 0.717) is 5.06 Å². The van der Waals surface area contributed by atoms with E-state index in [1.165, 1.54) is 6.92 Å². The van der Waals surface area contributed by atoms with E-state index in [-0.39, 0.29) is 19.4 Å². The number of nitrogens with zero attached hydrogens (tertiary/aromatic N) is 1. The molecular weight excluding hydrogens is 304 g/mol. The van der Waals surface area contributed by atoms with Crippen molar-refractivity contribution in [2.75, 3.05) is 0 Å². The SMILES string of the molecule is CC(NC(=O)OCc1ccccc1)C(=O)ON1C(=O)CCC1=O. The van der Waals surface area contributed by atoms with Gasteiger partial charge in [-0.15, -0.1) is 5.06 Å². The number of hydroxylamine groups is 2. The van der Waals surface area contributed by atoms with E-state index in [4.69, 9.17) is 4.74 Å². The first kappa shape index (κ1) is 16.5. The van der Waals surface area contributed by atoms with Gasteiger partial charge in [0.05, 0.1) is 0 Å². The molecule has 1 aromatic carbocycles. The highest BCUT2D eigenvalue weighted by Gasteiger charge is 2.34. The lowest BCUT2D eigenvalue weighted by Crippen LogP contribution is -2.43. The molecule has 3 amide bonds. The molecule has 0 saturated carbocycles. The molecule has 122 valence electrons. The van der Waals surface area contributed by atoms with E-state index in [1.54, 1.807) is 24.3 Å². The second kappa shape index (κ2) is 7.39. The maximum Gasteiger partial charge on any atom is 0.408 e. The summed E-state index contributed by atoms with van der Waals surface area (Å²) in [4.78, 5) is 50.7. The highest BCUT2D eigenvalue weighted by atomic mass is 16.7. The Kier molecular flexibility index (Phi) is 5.29. The fourth-order valence-corrected chi connectivity index (χ4v) is 1.83. The van der Waals surface area contributed by atoms with Crippen molar-refractivity contribution in [3.8, 4) is 0 Å². The zero-order valence-electron chi connectivity index (χ0n) is 12.5. The Hall–Kier alpha value is -2.90. The molecule has 1 fully saturated rings. The van der Waals surface area contributed by atoms with Crippen LogP contribution in [0.25, 0.3) is 0 Å². The van der Waals surface area contributed by atoms with Crippen LogP contribution in [-0.4, -0.2) is 35.0 Å². The van der Waals surface area contributed by atoms with E-state index >= 15 is 0 Å². The molecule has 1 aromatic rings. The lowest BCUT2D eigenvalue weighted by Gasteiger charge is -2.17. The number of carbonyl (C=O) groups excluding carboxylic acids is 4. The average Bonchev–Trinajstić information content (AvgIpc) is 2.85. The van der Waals surface area contributed by atoms with Crippen LogP contribution in [0.1, 0.15) is 25.3 Å². The molecule has 8 heteroatoms. The predicted molar refractivity (Wildman–Crippen MR) is 76.4 cm³/mol. The predicted octanol–water partition coefficient (Wildman–Crippen LogP) is 0.908. The number of hydrogen-bond donors (Lipinski definition) is 1. The molecule has 1 aliphatic rings. The molecule has 1 aliphatic heterocycles. The molecule has 1 saturated heterocycles. The van der Waals surface area contributed by atoms with Crippen LogP contribution in [-0.2, 0) is 30.6 Å². The van der Waals surface area contributed by atoms with Crippen molar-refractivity contribution in [3.05, 3.63) is 35.9 Å². The summed E-state index contributed by atoms with van der Waals surface area (Å²) < 4.78 is 4.96. The molecule has 23 heavy (non-hydrogen) atoms. The van der Waals surface area contributed by atoms with Gasteiger partial charge in [0.2, 0.25) is 0 Å². The number of nitrogens with one attached hydrogen (secondary N) is 1. The first-order chi connectivity index (χ1) is 11.0. The maximum atomic E-state index is 11.8. The highest BCUT2D eigenvalue weighted by Crippen LogP contribution is 2.12. The molecule has 0 bridgehead atoms. The van der Waals surface area contributed by atoms with Gasteiger partial charge in [-0.25, -0.2) is 9.59 Å². The van der Waals surface area contributed by atoms with Crippen LogP contribution >= 0.6 is 0 Å². The number of carbonyl (C=O) groups is 4. The van der Waals surface area contributed by atoms with E-state index in [2.05, 4.69) is 10.2 Å². The molecule has 1 heterocycles. The number of imide groups is 1. The van der Waals surface area contributed by atoms with Gasteiger partial charge in [-0.2, -0.15) is 0 Å². The summed E-state index contributed by atoms with van der Waals surface area (Å²) in [6, 6.07) is 7.95. The van der Waals surface area contributed by atoms with Crippen LogP contribution in [0, 0.1) is 0 Å². The third-order valence-electron chi connectivity index (χ3n) is 3.09. The Morgan fingerprint density at radius 3 is 2.39 bits per heavy atom. The molecule has 1 unspecified atom stereocenters. The Labute approximate surface area is 132 Å². The van der Waals surface area contributed by atoms with Crippen molar-refractivity contribution < 1.29 is 28.8 Å². The zero-order chi connectivity index (χ0) is 16.8. The van der Waals surface area contributed by atoms with Gasteiger partial charge < -0.3 is 14.9 Å². The first-order valence-corrected chi connectivity index (χ1v) is 7.02. The molecule has 0 aromatic heterocycles. The number of ether oxygens (including phenoxy) is 1. The second-order valence-corrected chi connectivity index (χ2v) is 4.92. The number of amides is 3. The Balaban J connectivity index is 1.77. The maximum absolute atomic E-state index is 11.8. The van der Waals surface area contributed by atoms with Gasteiger partial charge in [0.25, 0.3) is 11.8 Å². The molecule has 1 N–H and O–H groups in total. The number of hydrogen-bond acceptors (Lipinski definition) is 6. The summed E-state index contributed by atoms with van der Waals surface area (Å²) in [6.45, 7) is 1.41. The molecule has 0 spiro atoms. The van der Waals surface area contributed by atoms with E-state index in [9.17, 15) is 19.2 Å². The van der Waals surface area contributed by atoms with Crippen molar-refractivity contribution >= 4 is 23.9 Å². The minimum Gasteiger partial charge on any atom is -0.445 e. The summed E-state index contributed by atoms with van der Waals surface area (Å²) in [5.41, 5.74) is 0.797. The van der Waals surface area contributed by atoms with Gasteiger partial charge in [0, 0.05) is 12.8 Å². The fraction of sp³-hybridized carbons (Fsp3) is 0.333. The van der Waals surface area contributed by atoms with E-state index in [1.807, 2.05) is 6.07 Å². The molecule has 0 aliphatic carbocycles. The largest absolute Gasteiger partial charge is 0.445 e. The van der Waals surface area contributed by atoms with Crippen LogP contribution < -0.4 is 5.32 Å². The summed E-state index contributed by atoms with van der Waals surface area (Å²) in [5, 5.41) is 2.69. The number of alkyl carbamates (subject to hydrolysis) is 1. The Bertz CT molecular complexity index is 600. The summed E-state index contributed by atoms with van der Waals surface area (Å²) >= 11 is 0. The normalized spacial score (nSPS) is 15.3. The van der Waals surface area contributed by atoms with Gasteiger partial charge in [0.1, 0.15) is 12.6 Å². The summed E-state index contributed by atoms with van der Waals surface area (Å²) in [5.74, 6) is -2.09. The highest BCUT2D eigenvalue weighted by molar-refractivity contribution is 6.01. The standard InChI is InChI=1S/C15H16N2O6/c1-10(14(20)23-17-12(18)7-8-13(17)19)16-15(21)22-9-11-5-3-2-4-6-11/h2-6,10H,7-9H2,1H3,(H,16,21). The number of benzene rings is 1. The van der Waals surface area contributed by atoms with Crippen molar-refractivity contribution in [1.82, 2.24) is 10.4 Å². The Morgan fingerprint density at radius 2 is 1.78 bits per heavy atom. The van der Waals surface area contributed by atoms with Crippen molar-refractivity contribution in [1.29, 1.82) is 0 Å². The van der Waals surface area contributed by atoms with Gasteiger partial charge in [0.15, 0.2) is 0 Å². The van der Waals surface area contributed by atoms with Crippen molar-refractivity contribution in [3.63, 3.8) is 0 Å². The average molecular weight is 320 g/mol. The van der Waals surface area contributed by atoms with Gasteiger partial charge in [-0.1, -0.05) is 30.3 Å². The third-order valence-corrected chi connectivity index (χ3v) is 3.09. The third kappa shape index (κ3) is 4.53. The van der Waals surface area contributed by atoms with Crippen LogP contribution in [0.15, 0.2) is 30.3 Å². The van der Waals surface area contributed by atoms with Crippen LogP contribution in [0.5, 0.6) is 0 Å². The quantitative estimate of drug-likeness (QED) is 0.809. The van der Waals surface area contributed by atoms with Gasteiger partial charge in [-0.05, 0) is 12.5 Å². The smallest absolute Gasteiger partial charge is 0.408 e. The lowest BCUT2D eigenvalue weighted by molar-refractivity contribution is -0.198. The van der Waals surface area contributed by atoms with Gasteiger partial charge >= 0.3 is 12.1 Å². The van der Waals surface area contributed by atoms with Crippen molar-refractivity contribution in [2.24, 2.45) is 0 Å². The molecular formula is C15H16N2O6. The van der Waals surface area contributed by atoms with Crippen LogP contribution in [0.3, 0.4) is 0 Å². The van der Waals surface area contributed by atoms with E-state index in [0.717, 1.165) is 5.56 Å². The Morgan fingerprint density at radius 1 is 1.17 bits per heavy atom. The van der Waals surface area contributed by atoms with Crippen LogP contribution in [0.2, 0.25) is 0 Å². The van der Waals surface area contributed by atoms with Crippen molar-refractivity contribution in [2.45, 2.75) is 32.4 Å². The zero-order valence-corrected chi connectivity index (χ0v) is 12.5. The minimum absolute atomic E-state index is 0.00698. The minimum atomic E-state index is -1.07. The van der Waals surface area contributed by atoms with Gasteiger partial charge in [-0.3, -0.25) is 9.59 Å². The monoisotopic (exact) mass is 320 g/mol. The molecule has 2 rings (SSSR count). The summed E-state index contributed by atoms with van der Waals surface area (Å²) in [6.07, 6.45) is -0.794. The lowest BCUT2D eigenvalue weighted by atomic mass is 10.2. The second-order valence-electron chi connectivity index (χ2n) is 4.92.